The lowest BCUT2D eigenvalue weighted by molar-refractivity contribution is -0.153. The summed E-state index contributed by atoms with van der Waals surface area (Å²) >= 11 is 0. The van der Waals surface area contributed by atoms with Crippen molar-refractivity contribution in [2.24, 2.45) is 0 Å². The van der Waals surface area contributed by atoms with Gasteiger partial charge in [-0.05, 0) is 71.2 Å². The van der Waals surface area contributed by atoms with E-state index in [-0.39, 0.29) is 42.3 Å². The Morgan fingerprint density at radius 2 is 1.77 bits per heavy atom. The van der Waals surface area contributed by atoms with E-state index in [4.69, 9.17) is 14.2 Å². The minimum absolute atomic E-state index is 0.00369. The van der Waals surface area contributed by atoms with Crippen LogP contribution in [0.1, 0.15) is 51.5 Å². The van der Waals surface area contributed by atoms with Gasteiger partial charge >= 0.3 is 12.3 Å². The van der Waals surface area contributed by atoms with E-state index in [0.717, 1.165) is 11.1 Å². The van der Waals surface area contributed by atoms with Gasteiger partial charge < -0.3 is 23.7 Å². The van der Waals surface area contributed by atoms with E-state index in [9.17, 15) is 22.8 Å². The van der Waals surface area contributed by atoms with Gasteiger partial charge in [0.1, 0.15) is 18.0 Å². The van der Waals surface area contributed by atoms with Gasteiger partial charge in [0.05, 0.1) is 17.4 Å². The van der Waals surface area contributed by atoms with E-state index in [1.54, 1.807) is 50.8 Å². The first-order valence-electron chi connectivity index (χ1n) is 13.2. The zero-order valence-corrected chi connectivity index (χ0v) is 23.2. The molecule has 216 valence electrons. The molecule has 0 saturated heterocycles. The molecule has 1 aliphatic heterocycles. The molecule has 0 saturated carbocycles. The quantitative estimate of drug-likeness (QED) is 0.327. The highest BCUT2D eigenvalue weighted by atomic mass is 19.4. The van der Waals surface area contributed by atoms with Crippen LogP contribution in [0.5, 0.6) is 11.5 Å². The minimum atomic E-state index is -4.48. The number of carbonyl (C=O) groups is 1. The lowest BCUT2D eigenvalue weighted by Crippen LogP contribution is -2.45. The van der Waals surface area contributed by atoms with E-state index in [0.29, 0.717) is 24.1 Å². The molecule has 3 aromatic rings. The highest BCUT2D eigenvalue weighted by Gasteiger charge is 2.32. The summed E-state index contributed by atoms with van der Waals surface area (Å²) in [7, 11) is 0. The highest BCUT2D eigenvalue weighted by Crippen LogP contribution is 2.35. The number of hydrogen-bond donors (Lipinski definition) is 0. The second-order valence-corrected chi connectivity index (χ2v) is 11.0. The number of carbonyl (C=O) groups excluding carboxylic acids is 1. The standard InChI is InChI=1S/C29H34F3N3O5/c1-18(15-21-16-20-9-8-10-22-25(20)35(21)19(2)33-26(22)36)34(27(37)40-28(3,4)5)13-14-38-23-11-6-7-12-24(23)39-17-29(30,31)32/h6-12,18,21H,13-17H2,1-5H3. The molecular weight excluding hydrogens is 527 g/mol. The van der Waals surface area contributed by atoms with E-state index in [2.05, 4.69) is 9.55 Å². The normalized spacial score (nSPS) is 15.7. The average Bonchev–Trinajstić information content (AvgIpc) is 3.21. The van der Waals surface area contributed by atoms with E-state index in [1.807, 2.05) is 19.1 Å². The predicted molar refractivity (Wildman–Crippen MR) is 144 cm³/mol. The van der Waals surface area contributed by atoms with Crippen molar-refractivity contribution in [2.75, 3.05) is 19.8 Å². The molecule has 1 amide bonds. The van der Waals surface area contributed by atoms with Crippen LogP contribution in [0.15, 0.2) is 47.3 Å². The molecular formula is C29H34F3N3O5. The second-order valence-electron chi connectivity index (χ2n) is 11.0. The number of benzene rings is 2. The number of amides is 1. The second kappa shape index (κ2) is 11.4. The van der Waals surface area contributed by atoms with E-state index in [1.165, 1.54) is 12.1 Å². The number of rotatable bonds is 9. The van der Waals surface area contributed by atoms with Crippen LogP contribution in [0.25, 0.3) is 10.9 Å². The molecule has 0 spiro atoms. The largest absolute Gasteiger partial charge is 0.488 e. The van der Waals surface area contributed by atoms with Gasteiger partial charge in [-0.2, -0.15) is 18.2 Å². The molecule has 0 N–H and O–H groups in total. The first-order valence-corrected chi connectivity index (χ1v) is 13.2. The summed E-state index contributed by atoms with van der Waals surface area (Å²) in [6.07, 6.45) is -3.77. The number of halogens is 3. The van der Waals surface area contributed by atoms with Gasteiger partial charge in [0.15, 0.2) is 18.1 Å². The molecule has 2 heterocycles. The van der Waals surface area contributed by atoms with E-state index >= 15 is 0 Å². The fourth-order valence-corrected chi connectivity index (χ4v) is 5.05. The number of alkyl halides is 3. The lowest BCUT2D eigenvalue weighted by atomic mass is 10.0. The van der Waals surface area contributed by atoms with Gasteiger partial charge in [-0.25, -0.2) is 4.79 Å². The van der Waals surface area contributed by atoms with Gasteiger partial charge in [-0.15, -0.1) is 0 Å². The molecule has 2 atom stereocenters. The number of hydrogen-bond acceptors (Lipinski definition) is 6. The zero-order valence-electron chi connectivity index (χ0n) is 23.2. The fraction of sp³-hybridized carbons (Fsp3) is 0.483. The third-order valence-corrected chi connectivity index (χ3v) is 6.63. The Bertz CT molecular complexity index is 1430. The predicted octanol–water partition coefficient (Wildman–Crippen LogP) is 5.84. The zero-order chi connectivity index (χ0) is 29.2. The first-order chi connectivity index (χ1) is 18.7. The van der Waals surface area contributed by atoms with Crippen molar-refractivity contribution in [1.29, 1.82) is 0 Å². The summed E-state index contributed by atoms with van der Waals surface area (Å²) in [4.78, 5) is 31.5. The van der Waals surface area contributed by atoms with Crippen molar-refractivity contribution in [3.63, 3.8) is 0 Å². The van der Waals surface area contributed by atoms with Crippen molar-refractivity contribution in [1.82, 2.24) is 14.5 Å². The Morgan fingerprint density at radius 3 is 2.42 bits per heavy atom. The summed E-state index contributed by atoms with van der Waals surface area (Å²) in [5.74, 6) is 0.722. The molecule has 1 aromatic heterocycles. The maximum atomic E-state index is 13.3. The third kappa shape index (κ3) is 6.86. The Morgan fingerprint density at radius 1 is 1.10 bits per heavy atom. The molecule has 0 bridgehead atoms. The van der Waals surface area contributed by atoms with Crippen LogP contribution in [-0.2, 0) is 11.2 Å². The van der Waals surface area contributed by atoms with Crippen LogP contribution >= 0.6 is 0 Å². The van der Waals surface area contributed by atoms with Crippen molar-refractivity contribution < 1.29 is 32.2 Å². The molecule has 40 heavy (non-hydrogen) atoms. The Balaban J connectivity index is 1.51. The number of aryl methyl sites for hydroxylation is 1. The molecule has 2 unspecified atom stereocenters. The first kappa shape index (κ1) is 29.2. The number of ether oxygens (including phenoxy) is 3. The Hall–Kier alpha value is -3.76. The summed E-state index contributed by atoms with van der Waals surface area (Å²) in [6, 6.07) is 11.4. The molecule has 0 aliphatic carbocycles. The van der Waals surface area contributed by atoms with Gasteiger partial charge in [0.25, 0.3) is 5.56 Å². The van der Waals surface area contributed by atoms with Crippen molar-refractivity contribution >= 4 is 17.0 Å². The summed E-state index contributed by atoms with van der Waals surface area (Å²) in [5, 5.41) is 0.571. The van der Waals surface area contributed by atoms with Crippen LogP contribution in [0.3, 0.4) is 0 Å². The van der Waals surface area contributed by atoms with Crippen molar-refractivity contribution in [3.8, 4) is 11.5 Å². The third-order valence-electron chi connectivity index (χ3n) is 6.63. The van der Waals surface area contributed by atoms with Crippen LogP contribution in [-0.4, -0.2) is 58.1 Å². The van der Waals surface area contributed by atoms with Gasteiger partial charge in [-0.1, -0.05) is 24.3 Å². The van der Waals surface area contributed by atoms with Gasteiger partial charge in [0.2, 0.25) is 0 Å². The fourth-order valence-electron chi connectivity index (χ4n) is 5.05. The monoisotopic (exact) mass is 561 g/mol. The van der Waals surface area contributed by atoms with Crippen molar-refractivity contribution in [3.05, 3.63) is 64.2 Å². The number of aromatic nitrogens is 2. The molecule has 1 aliphatic rings. The summed E-state index contributed by atoms with van der Waals surface area (Å²) in [5.41, 5.74) is 0.939. The minimum Gasteiger partial charge on any atom is -0.488 e. The van der Waals surface area contributed by atoms with Crippen molar-refractivity contribution in [2.45, 2.75) is 71.3 Å². The topological polar surface area (TPSA) is 82.9 Å². The van der Waals surface area contributed by atoms with Crippen LogP contribution in [0.2, 0.25) is 0 Å². The van der Waals surface area contributed by atoms with Crippen LogP contribution in [0.4, 0.5) is 18.0 Å². The molecule has 0 fully saturated rings. The molecule has 4 rings (SSSR count). The molecule has 8 nitrogen and oxygen atoms in total. The Kier molecular flexibility index (Phi) is 8.32. The smallest absolute Gasteiger partial charge is 0.422 e. The molecule has 0 radical (unpaired) electrons. The molecule has 2 aromatic carbocycles. The Labute approximate surface area is 230 Å². The SMILES string of the molecule is Cc1nc(=O)c2cccc3c2n1C(CC(C)N(CCOc1ccccc1OCC(F)(F)F)C(=O)OC(C)(C)C)C3. The maximum absolute atomic E-state index is 13.3. The number of para-hydroxylation sites is 3. The number of nitrogens with zero attached hydrogens (tertiary/aromatic N) is 3. The van der Waals surface area contributed by atoms with Crippen LogP contribution < -0.4 is 15.0 Å². The highest BCUT2D eigenvalue weighted by molar-refractivity contribution is 5.83. The van der Waals surface area contributed by atoms with Gasteiger partial charge in [0, 0.05) is 12.1 Å². The maximum Gasteiger partial charge on any atom is 0.422 e. The van der Waals surface area contributed by atoms with Gasteiger partial charge in [-0.3, -0.25) is 4.79 Å². The van der Waals surface area contributed by atoms with E-state index < -0.39 is 24.5 Å². The molecule has 11 heteroatoms. The average molecular weight is 562 g/mol. The summed E-state index contributed by atoms with van der Waals surface area (Å²) in [6.45, 7) is 7.73. The summed E-state index contributed by atoms with van der Waals surface area (Å²) < 4.78 is 56.4. The van der Waals surface area contributed by atoms with Crippen LogP contribution in [0, 0.1) is 6.92 Å². The lowest BCUT2D eigenvalue weighted by Gasteiger charge is -2.33.